The first-order valence-electron chi connectivity index (χ1n) is 6.08. The van der Waals surface area contributed by atoms with E-state index in [4.69, 9.17) is 0 Å². The molecule has 0 amide bonds. The first-order chi connectivity index (χ1) is 6.34. The van der Waals surface area contributed by atoms with E-state index < -0.39 is 0 Å². The van der Waals surface area contributed by atoms with Gasteiger partial charge in [-0.3, -0.25) is 0 Å². The molecule has 0 unspecified atom stereocenters. The molecule has 0 aliphatic heterocycles. The lowest BCUT2D eigenvalue weighted by atomic mass is 10.1. The van der Waals surface area contributed by atoms with Crippen molar-refractivity contribution in [2.24, 2.45) is 5.92 Å². The summed E-state index contributed by atoms with van der Waals surface area (Å²) in [6.45, 7) is 5.90. The second kappa shape index (κ2) is 6.42. The third-order valence-electron chi connectivity index (χ3n) is 3.30. The van der Waals surface area contributed by atoms with Gasteiger partial charge in [0.05, 0.1) is 0 Å². The Bertz CT molecular complexity index is 122. The summed E-state index contributed by atoms with van der Waals surface area (Å²) in [5.74, 6) is 0.922. The molecular weight excluding hydrogens is 158 g/mol. The summed E-state index contributed by atoms with van der Waals surface area (Å²) in [5, 5.41) is 3.69. The van der Waals surface area contributed by atoms with Gasteiger partial charge in [0, 0.05) is 6.04 Å². The predicted molar refractivity (Wildman–Crippen MR) is 58.9 cm³/mol. The molecule has 1 heteroatoms. The van der Waals surface area contributed by atoms with Crippen molar-refractivity contribution in [3.8, 4) is 0 Å². The van der Waals surface area contributed by atoms with Crippen LogP contribution in [-0.4, -0.2) is 12.6 Å². The Balaban J connectivity index is 1.93. The zero-order valence-corrected chi connectivity index (χ0v) is 9.31. The summed E-state index contributed by atoms with van der Waals surface area (Å²) in [6.07, 6.45) is 9.82. The Labute approximate surface area is 83.3 Å². The molecule has 0 spiro atoms. The third kappa shape index (κ3) is 4.12. The van der Waals surface area contributed by atoms with Crippen LogP contribution in [0.2, 0.25) is 0 Å². The van der Waals surface area contributed by atoms with Crippen molar-refractivity contribution in [3.05, 3.63) is 0 Å². The number of hydrogen-bond donors (Lipinski definition) is 1. The number of nitrogens with one attached hydrogen (secondary N) is 1. The maximum Gasteiger partial charge on any atom is 0.00926 e. The van der Waals surface area contributed by atoms with Crippen molar-refractivity contribution in [1.29, 1.82) is 0 Å². The largest absolute Gasteiger partial charge is 0.314 e. The van der Waals surface area contributed by atoms with Crippen LogP contribution in [0, 0.1) is 5.92 Å². The minimum atomic E-state index is 0.835. The summed E-state index contributed by atoms with van der Waals surface area (Å²) in [7, 11) is 0. The molecule has 0 aromatic rings. The molecule has 0 radical (unpaired) electrons. The molecule has 1 saturated carbocycles. The molecule has 1 aliphatic carbocycles. The molecule has 78 valence electrons. The highest BCUT2D eigenvalue weighted by Gasteiger charge is 2.21. The van der Waals surface area contributed by atoms with Crippen molar-refractivity contribution >= 4 is 0 Å². The van der Waals surface area contributed by atoms with Gasteiger partial charge in [0.1, 0.15) is 0 Å². The van der Waals surface area contributed by atoms with Crippen molar-refractivity contribution in [1.82, 2.24) is 5.32 Å². The summed E-state index contributed by atoms with van der Waals surface area (Å²) in [5.41, 5.74) is 0. The molecule has 13 heavy (non-hydrogen) atoms. The minimum Gasteiger partial charge on any atom is -0.314 e. The molecule has 0 aromatic carbocycles. The van der Waals surface area contributed by atoms with Crippen LogP contribution in [0.5, 0.6) is 0 Å². The first kappa shape index (κ1) is 11.0. The number of rotatable bonds is 6. The Hall–Kier alpha value is -0.0400. The van der Waals surface area contributed by atoms with Gasteiger partial charge in [-0.2, -0.15) is 0 Å². The molecule has 0 heterocycles. The van der Waals surface area contributed by atoms with Gasteiger partial charge in [-0.05, 0) is 31.7 Å². The van der Waals surface area contributed by atoms with E-state index in [1.807, 2.05) is 0 Å². The van der Waals surface area contributed by atoms with Crippen LogP contribution in [0.4, 0.5) is 0 Å². The van der Waals surface area contributed by atoms with Gasteiger partial charge in [-0.1, -0.05) is 39.5 Å². The van der Waals surface area contributed by atoms with Crippen molar-refractivity contribution in [2.45, 2.75) is 64.8 Å². The maximum atomic E-state index is 3.69. The van der Waals surface area contributed by atoms with Crippen LogP contribution in [0.1, 0.15) is 58.8 Å². The Morgan fingerprint density at radius 1 is 1.15 bits per heavy atom. The van der Waals surface area contributed by atoms with Crippen molar-refractivity contribution in [3.63, 3.8) is 0 Å². The van der Waals surface area contributed by atoms with Crippen LogP contribution in [-0.2, 0) is 0 Å². The lowest BCUT2D eigenvalue weighted by Gasteiger charge is -2.16. The van der Waals surface area contributed by atoms with Gasteiger partial charge in [0.2, 0.25) is 0 Å². The number of hydrogen-bond acceptors (Lipinski definition) is 1. The van der Waals surface area contributed by atoms with E-state index >= 15 is 0 Å². The predicted octanol–water partition coefficient (Wildman–Crippen LogP) is 3.34. The summed E-state index contributed by atoms with van der Waals surface area (Å²) in [4.78, 5) is 0. The highest BCUT2D eigenvalue weighted by atomic mass is 14.9. The Morgan fingerprint density at radius 2 is 2.00 bits per heavy atom. The normalized spacial score (nSPS) is 28.2. The highest BCUT2D eigenvalue weighted by Crippen LogP contribution is 2.24. The van der Waals surface area contributed by atoms with Crippen LogP contribution < -0.4 is 5.32 Å². The second-order valence-electron chi connectivity index (χ2n) is 4.53. The smallest absolute Gasteiger partial charge is 0.00926 e. The van der Waals surface area contributed by atoms with E-state index in [-0.39, 0.29) is 0 Å². The second-order valence-corrected chi connectivity index (χ2v) is 4.53. The molecule has 2 atom stereocenters. The molecule has 0 saturated heterocycles. The average molecular weight is 183 g/mol. The topological polar surface area (TPSA) is 12.0 Å². The summed E-state index contributed by atoms with van der Waals surface area (Å²) < 4.78 is 0. The third-order valence-corrected chi connectivity index (χ3v) is 3.30. The minimum absolute atomic E-state index is 0.835. The average Bonchev–Trinajstić information content (AvgIpc) is 2.52. The summed E-state index contributed by atoms with van der Waals surface area (Å²) >= 11 is 0. The standard InChI is InChI=1S/C12H25N/c1-3-4-5-6-10-13-12-9-7-8-11(12)2/h11-13H,3-10H2,1-2H3/t11-,12+/m1/s1. The van der Waals surface area contributed by atoms with E-state index in [2.05, 4.69) is 19.2 Å². The van der Waals surface area contributed by atoms with Crippen molar-refractivity contribution in [2.75, 3.05) is 6.54 Å². The molecule has 0 bridgehead atoms. The highest BCUT2D eigenvalue weighted by molar-refractivity contribution is 4.79. The van der Waals surface area contributed by atoms with E-state index in [0.717, 1.165) is 12.0 Å². The lowest BCUT2D eigenvalue weighted by molar-refractivity contribution is 0.420. The molecule has 1 fully saturated rings. The van der Waals surface area contributed by atoms with E-state index in [9.17, 15) is 0 Å². The number of unbranched alkanes of at least 4 members (excludes halogenated alkanes) is 3. The quantitative estimate of drug-likeness (QED) is 0.623. The SMILES string of the molecule is CCCCCCN[C@H]1CCC[C@H]1C. The fraction of sp³-hybridized carbons (Fsp3) is 1.00. The van der Waals surface area contributed by atoms with Gasteiger partial charge in [-0.25, -0.2) is 0 Å². The Kier molecular flexibility index (Phi) is 5.45. The van der Waals surface area contributed by atoms with Crippen LogP contribution >= 0.6 is 0 Å². The van der Waals surface area contributed by atoms with Gasteiger partial charge in [-0.15, -0.1) is 0 Å². The fourth-order valence-electron chi connectivity index (χ4n) is 2.29. The molecule has 1 aliphatic rings. The molecule has 1 N–H and O–H groups in total. The van der Waals surface area contributed by atoms with Gasteiger partial charge in [0.15, 0.2) is 0 Å². The van der Waals surface area contributed by atoms with Gasteiger partial charge < -0.3 is 5.32 Å². The molecule has 1 nitrogen and oxygen atoms in total. The molecule has 1 rings (SSSR count). The maximum absolute atomic E-state index is 3.69. The van der Waals surface area contributed by atoms with E-state index in [0.29, 0.717) is 0 Å². The van der Waals surface area contributed by atoms with Gasteiger partial charge in [0.25, 0.3) is 0 Å². The zero-order valence-electron chi connectivity index (χ0n) is 9.31. The van der Waals surface area contributed by atoms with E-state index in [1.54, 1.807) is 0 Å². The van der Waals surface area contributed by atoms with Gasteiger partial charge >= 0.3 is 0 Å². The molecule has 0 aromatic heterocycles. The van der Waals surface area contributed by atoms with Crippen molar-refractivity contribution < 1.29 is 0 Å². The van der Waals surface area contributed by atoms with Crippen LogP contribution in [0.15, 0.2) is 0 Å². The summed E-state index contributed by atoms with van der Waals surface area (Å²) in [6, 6.07) is 0.835. The van der Waals surface area contributed by atoms with Crippen LogP contribution in [0.25, 0.3) is 0 Å². The fourth-order valence-corrected chi connectivity index (χ4v) is 2.29. The van der Waals surface area contributed by atoms with E-state index in [1.165, 1.54) is 51.5 Å². The van der Waals surface area contributed by atoms with Crippen LogP contribution in [0.3, 0.4) is 0 Å². The lowest BCUT2D eigenvalue weighted by Crippen LogP contribution is -2.31. The first-order valence-corrected chi connectivity index (χ1v) is 6.08. The zero-order chi connectivity index (χ0) is 9.52. The monoisotopic (exact) mass is 183 g/mol. The Morgan fingerprint density at radius 3 is 2.62 bits per heavy atom. The molecular formula is C12H25N.